The molecule has 5 rings (SSSR count). The van der Waals surface area contributed by atoms with E-state index in [2.05, 4.69) is 16.0 Å². The number of amides is 2. The lowest BCUT2D eigenvalue weighted by atomic mass is 9.44. The first-order valence-corrected chi connectivity index (χ1v) is 10.9. The van der Waals surface area contributed by atoms with Crippen LogP contribution in [0.2, 0.25) is 10.0 Å². The first-order chi connectivity index (χ1) is 14.0. The average molecular weight is 484 g/mol. The SMILES string of the molecule is O=C(COc1ccc(Cl)c(Cl)c1)NC12CC(NC(=O)C3CNC(C(F)(F)F)S3)(C1)C2. The van der Waals surface area contributed by atoms with Gasteiger partial charge in [-0.05, 0) is 31.4 Å². The number of halogens is 5. The monoisotopic (exact) mass is 483 g/mol. The summed E-state index contributed by atoms with van der Waals surface area (Å²) in [7, 11) is 0. The molecule has 1 aromatic rings. The van der Waals surface area contributed by atoms with E-state index in [-0.39, 0.29) is 24.6 Å². The smallest absolute Gasteiger partial charge is 0.413 e. The standard InChI is InChI=1S/C18H18Cl2F3N3O3S/c19-10-2-1-9(3-11(10)20)29-5-13(27)25-16-6-17(7-16,8-16)26-14(28)12-4-24-15(30-12)18(21,22)23/h1-3,12,15,24H,4-8H2,(H,25,27)(H,26,28). The van der Waals surface area contributed by atoms with Crippen LogP contribution >= 0.6 is 35.0 Å². The molecule has 12 heteroatoms. The molecule has 3 saturated carbocycles. The van der Waals surface area contributed by atoms with E-state index in [0.717, 1.165) is 0 Å². The van der Waals surface area contributed by atoms with Gasteiger partial charge in [0.2, 0.25) is 5.91 Å². The second-order valence-corrected chi connectivity index (χ2v) is 10.1. The topological polar surface area (TPSA) is 79.5 Å². The van der Waals surface area contributed by atoms with Crippen LogP contribution in [0.1, 0.15) is 19.3 Å². The van der Waals surface area contributed by atoms with Crippen LogP contribution in [0.5, 0.6) is 5.75 Å². The molecule has 1 saturated heterocycles. The van der Waals surface area contributed by atoms with Crippen molar-refractivity contribution in [2.24, 2.45) is 0 Å². The molecule has 3 N–H and O–H groups in total. The van der Waals surface area contributed by atoms with Crippen LogP contribution in [-0.4, -0.2) is 52.8 Å². The van der Waals surface area contributed by atoms with E-state index >= 15 is 0 Å². The average Bonchev–Trinajstić information content (AvgIpc) is 3.10. The zero-order valence-electron chi connectivity index (χ0n) is 15.4. The van der Waals surface area contributed by atoms with Gasteiger partial charge in [-0.1, -0.05) is 23.2 Å². The quantitative estimate of drug-likeness (QED) is 0.579. The first kappa shape index (κ1) is 21.9. The normalized spacial score (nSPS) is 32.0. The molecule has 0 aromatic heterocycles. The van der Waals surface area contributed by atoms with E-state index in [0.29, 0.717) is 46.8 Å². The number of hydrogen-bond acceptors (Lipinski definition) is 5. The van der Waals surface area contributed by atoms with Gasteiger partial charge in [0.1, 0.15) is 5.75 Å². The van der Waals surface area contributed by atoms with Crippen LogP contribution in [0.3, 0.4) is 0 Å². The fourth-order valence-corrected chi connectivity index (χ4v) is 5.60. The third kappa shape index (κ3) is 4.32. The molecule has 164 valence electrons. The predicted molar refractivity (Wildman–Crippen MR) is 107 cm³/mol. The fraction of sp³-hybridized carbons (Fsp3) is 0.556. The molecule has 0 radical (unpaired) electrons. The van der Waals surface area contributed by atoms with Crippen LogP contribution < -0.4 is 20.7 Å². The van der Waals surface area contributed by atoms with Crippen molar-refractivity contribution in [3.05, 3.63) is 28.2 Å². The van der Waals surface area contributed by atoms with E-state index in [1.807, 2.05) is 0 Å². The van der Waals surface area contributed by atoms with Crippen molar-refractivity contribution < 1.29 is 27.5 Å². The molecule has 0 spiro atoms. The number of rotatable bonds is 6. The molecular weight excluding hydrogens is 466 g/mol. The maximum absolute atomic E-state index is 12.7. The summed E-state index contributed by atoms with van der Waals surface area (Å²) in [4.78, 5) is 24.5. The lowest BCUT2D eigenvalue weighted by Crippen LogP contribution is -2.84. The van der Waals surface area contributed by atoms with Crippen molar-refractivity contribution in [1.29, 1.82) is 0 Å². The molecule has 1 aromatic carbocycles. The van der Waals surface area contributed by atoms with Crippen LogP contribution in [0.15, 0.2) is 18.2 Å². The molecule has 2 amide bonds. The van der Waals surface area contributed by atoms with Crippen molar-refractivity contribution in [2.75, 3.05) is 13.2 Å². The molecule has 30 heavy (non-hydrogen) atoms. The van der Waals surface area contributed by atoms with Crippen molar-refractivity contribution in [3.63, 3.8) is 0 Å². The summed E-state index contributed by atoms with van der Waals surface area (Å²) in [6.45, 7) is -0.215. The summed E-state index contributed by atoms with van der Waals surface area (Å²) in [5, 5.41) is 6.30. The number of carbonyl (C=O) groups is 2. The van der Waals surface area contributed by atoms with Gasteiger partial charge in [0, 0.05) is 23.7 Å². The molecular formula is C18H18Cl2F3N3O3S. The molecule has 4 fully saturated rings. The zero-order valence-corrected chi connectivity index (χ0v) is 17.8. The van der Waals surface area contributed by atoms with Gasteiger partial charge in [-0.2, -0.15) is 13.2 Å². The van der Waals surface area contributed by atoms with Crippen LogP contribution in [0, 0.1) is 0 Å². The van der Waals surface area contributed by atoms with Crippen LogP contribution in [0.25, 0.3) is 0 Å². The number of alkyl halides is 3. The number of benzene rings is 1. The third-order valence-electron chi connectivity index (χ3n) is 5.46. The Morgan fingerprint density at radius 2 is 1.83 bits per heavy atom. The number of carbonyl (C=O) groups excluding carboxylic acids is 2. The lowest BCUT2D eigenvalue weighted by Gasteiger charge is -2.70. The largest absolute Gasteiger partial charge is 0.484 e. The van der Waals surface area contributed by atoms with Crippen molar-refractivity contribution in [1.82, 2.24) is 16.0 Å². The number of thioether (sulfide) groups is 1. The highest BCUT2D eigenvalue weighted by atomic mass is 35.5. The van der Waals surface area contributed by atoms with E-state index in [4.69, 9.17) is 27.9 Å². The Morgan fingerprint density at radius 1 is 1.17 bits per heavy atom. The molecule has 1 aliphatic heterocycles. The summed E-state index contributed by atoms with van der Waals surface area (Å²) in [6, 6.07) is 4.69. The van der Waals surface area contributed by atoms with Gasteiger partial charge < -0.3 is 15.4 Å². The molecule has 2 atom stereocenters. The van der Waals surface area contributed by atoms with Crippen molar-refractivity contribution in [2.45, 2.75) is 47.1 Å². The van der Waals surface area contributed by atoms with Crippen LogP contribution in [0.4, 0.5) is 13.2 Å². The van der Waals surface area contributed by atoms with E-state index < -0.39 is 28.2 Å². The van der Waals surface area contributed by atoms with E-state index in [1.165, 1.54) is 6.07 Å². The highest BCUT2D eigenvalue weighted by Crippen LogP contribution is 2.60. The van der Waals surface area contributed by atoms with Gasteiger partial charge in [0.25, 0.3) is 5.91 Å². The van der Waals surface area contributed by atoms with Gasteiger partial charge in [0.05, 0.1) is 15.3 Å². The second kappa shape index (κ2) is 7.65. The van der Waals surface area contributed by atoms with E-state index in [1.54, 1.807) is 12.1 Å². The Kier molecular flexibility index (Phi) is 5.57. The number of nitrogens with one attached hydrogen (secondary N) is 3. The molecule has 2 bridgehead atoms. The van der Waals surface area contributed by atoms with Gasteiger partial charge in [-0.25, -0.2) is 0 Å². The van der Waals surface area contributed by atoms with Crippen molar-refractivity contribution >= 4 is 46.8 Å². The molecule has 1 heterocycles. The van der Waals surface area contributed by atoms with Gasteiger partial charge in [-0.15, -0.1) is 11.8 Å². The Bertz CT molecular complexity index is 866. The van der Waals surface area contributed by atoms with Crippen molar-refractivity contribution in [3.8, 4) is 5.75 Å². The maximum Gasteiger partial charge on any atom is 0.413 e. The highest BCUT2D eigenvalue weighted by molar-refractivity contribution is 8.01. The number of hydrogen-bond donors (Lipinski definition) is 3. The maximum atomic E-state index is 12.7. The predicted octanol–water partition coefficient (Wildman–Crippen LogP) is 2.87. The Balaban J connectivity index is 1.20. The lowest BCUT2D eigenvalue weighted by molar-refractivity contribution is -0.150. The molecule has 6 nitrogen and oxygen atoms in total. The Hall–Kier alpha value is -1.36. The molecule has 3 aliphatic carbocycles. The number of ether oxygens (including phenoxy) is 1. The summed E-state index contributed by atoms with van der Waals surface area (Å²) in [5.41, 5.74) is -0.827. The Morgan fingerprint density at radius 3 is 2.43 bits per heavy atom. The minimum atomic E-state index is -4.39. The molecule has 4 aliphatic rings. The summed E-state index contributed by atoms with van der Waals surface area (Å²) < 4.78 is 43.6. The minimum Gasteiger partial charge on any atom is -0.484 e. The molecule has 2 unspecified atom stereocenters. The van der Waals surface area contributed by atoms with Gasteiger partial charge in [-0.3, -0.25) is 14.9 Å². The summed E-state index contributed by atoms with van der Waals surface area (Å²) in [6.07, 6.45) is -2.73. The highest BCUT2D eigenvalue weighted by Gasteiger charge is 2.69. The summed E-state index contributed by atoms with van der Waals surface area (Å²) >= 11 is 12.3. The fourth-order valence-electron chi connectivity index (χ4n) is 4.26. The minimum absolute atomic E-state index is 0.0231. The van der Waals surface area contributed by atoms with E-state index in [9.17, 15) is 22.8 Å². The van der Waals surface area contributed by atoms with Crippen LogP contribution in [-0.2, 0) is 9.59 Å². The van der Waals surface area contributed by atoms with Gasteiger partial charge >= 0.3 is 6.18 Å². The summed E-state index contributed by atoms with van der Waals surface area (Å²) in [5.74, 6) is -0.285. The first-order valence-electron chi connectivity index (χ1n) is 9.16. The second-order valence-electron chi connectivity index (χ2n) is 7.95. The van der Waals surface area contributed by atoms with Gasteiger partial charge in [0.15, 0.2) is 12.0 Å². The third-order valence-corrected chi connectivity index (χ3v) is 7.62. The zero-order chi connectivity index (χ0) is 21.7. The Labute approximate surface area is 184 Å².